The minimum Gasteiger partial charge on any atom is -0.359 e. The Morgan fingerprint density at radius 3 is 2.73 bits per heavy atom. The Balaban J connectivity index is 1.59. The number of benzene rings is 1. The van der Waals surface area contributed by atoms with E-state index in [9.17, 15) is 0 Å². The van der Waals surface area contributed by atoms with Crippen LogP contribution in [0.3, 0.4) is 0 Å². The van der Waals surface area contributed by atoms with Crippen molar-refractivity contribution >= 4 is 5.96 Å². The highest BCUT2D eigenvalue weighted by atomic mass is 16.5. The van der Waals surface area contributed by atoms with Gasteiger partial charge in [-0.15, -0.1) is 0 Å². The van der Waals surface area contributed by atoms with Crippen molar-refractivity contribution in [3.63, 3.8) is 0 Å². The van der Waals surface area contributed by atoms with Crippen LogP contribution in [0.1, 0.15) is 36.8 Å². The molecule has 2 aromatic heterocycles. The van der Waals surface area contributed by atoms with Gasteiger partial charge in [0.15, 0.2) is 11.7 Å². The zero-order valence-electron chi connectivity index (χ0n) is 15.3. The predicted molar refractivity (Wildman–Crippen MR) is 101 cm³/mol. The third-order valence-electron chi connectivity index (χ3n) is 4.04. The van der Waals surface area contributed by atoms with Gasteiger partial charge < -0.3 is 19.7 Å². The van der Waals surface area contributed by atoms with Crippen molar-refractivity contribution in [2.75, 3.05) is 7.05 Å². The molecule has 0 fully saturated rings. The summed E-state index contributed by atoms with van der Waals surface area (Å²) in [5.41, 5.74) is 3.19. The first-order chi connectivity index (χ1) is 12.7. The molecule has 0 atom stereocenters. The number of aromatic nitrogens is 3. The summed E-state index contributed by atoms with van der Waals surface area (Å²) in [5.74, 6) is 1.84. The normalized spacial score (nSPS) is 11.8. The highest BCUT2D eigenvalue weighted by Crippen LogP contribution is 2.15. The summed E-state index contributed by atoms with van der Waals surface area (Å²) in [6.45, 7) is 5.35. The third-order valence-corrected chi connectivity index (χ3v) is 4.04. The zero-order valence-corrected chi connectivity index (χ0v) is 15.3. The SMILES string of the molecule is CN=C(NCc1cc(C(C)C)no1)NCc1ccccc1-n1ccnc1. The lowest BCUT2D eigenvalue weighted by molar-refractivity contribution is 0.372. The highest BCUT2D eigenvalue weighted by molar-refractivity contribution is 5.79. The number of hydrogen-bond acceptors (Lipinski definition) is 4. The summed E-state index contributed by atoms with van der Waals surface area (Å²) in [5, 5.41) is 10.6. The van der Waals surface area contributed by atoms with E-state index in [1.165, 1.54) is 0 Å². The molecule has 136 valence electrons. The number of nitrogens with zero attached hydrogens (tertiary/aromatic N) is 4. The number of imidazole rings is 1. The fraction of sp³-hybridized carbons (Fsp3) is 0.316. The second kappa shape index (κ2) is 8.33. The maximum absolute atomic E-state index is 5.35. The molecule has 0 radical (unpaired) electrons. The lowest BCUT2D eigenvalue weighted by atomic mass is 10.1. The molecule has 1 aromatic carbocycles. The minimum absolute atomic E-state index is 0.351. The molecule has 7 nitrogen and oxygen atoms in total. The maximum atomic E-state index is 5.35. The van der Waals surface area contributed by atoms with E-state index in [4.69, 9.17) is 4.52 Å². The summed E-state index contributed by atoms with van der Waals surface area (Å²) in [6.07, 6.45) is 5.50. The van der Waals surface area contributed by atoms with Crippen LogP contribution in [0.4, 0.5) is 0 Å². The summed E-state index contributed by atoms with van der Waals surface area (Å²) < 4.78 is 7.34. The van der Waals surface area contributed by atoms with Crippen LogP contribution in [0.5, 0.6) is 0 Å². The van der Waals surface area contributed by atoms with Crippen molar-refractivity contribution in [2.45, 2.75) is 32.9 Å². The molecule has 0 spiro atoms. The molecule has 0 saturated heterocycles. The van der Waals surface area contributed by atoms with E-state index in [0.29, 0.717) is 25.0 Å². The van der Waals surface area contributed by atoms with Crippen molar-refractivity contribution in [3.05, 3.63) is 66.1 Å². The molecule has 0 aliphatic carbocycles. The van der Waals surface area contributed by atoms with Crippen LogP contribution in [0.15, 0.2) is 58.6 Å². The minimum atomic E-state index is 0.351. The number of rotatable bonds is 6. The van der Waals surface area contributed by atoms with Crippen LogP contribution in [0.2, 0.25) is 0 Å². The van der Waals surface area contributed by atoms with E-state index in [-0.39, 0.29) is 0 Å². The van der Waals surface area contributed by atoms with E-state index in [1.54, 1.807) is 19.6 Å². The van der Waals surface area contributed by atoms with E-state index in [2.05, 4.69) is 51.7 Å². The van der Waals surface area contributed by atoms with Crippen LogP contribution < -0.4 is 10.6 Å². The number of aliphatic imine (C=N–C) groups is 1. The van der Waals surface area contributed by atoms with Crippen LogP contribution in [-0.4, -0.2) is 27.7 Å². The van der Waals surface area contributed by atoms with E-state index in [0.717, 1.165) is 22.7 Å². The monoisotopic (exact) mass is 352 g/mol. The zero-order chi connectivity index (χ0) is 18.4. The van der Waals surface area contributed by atoms with Crippen LogP contribution in [0, 0.1) is 0 Å². The second-order valence-corrected chi connectivity index (χ2v) is 6.25. The molecule has 0 aliphatic heterocycles. The van der Waals surface area contributed by atoms with Crippen LogP contribution in [-0.2, 0) is 13.1 Å². The summed E-state index contributed by atoms with van der Waals surface area (Å²) in [7, 11) is 1.75. The summed E-state index contributed by atoms with van der Waals surface area (Å²) in [4.78, 5) is 8.38. The number of guanidine groups is 1. The number of hydrogen-bond donors (Lipinski definition) is 2. The van der Waals surface area contributed by atoms with E-state index < -0.39 is 0 Å². The Kier molecular flexibility index (Phi) is 5.68. The third kappa shape index (κ3) is 4.30. The molecule has 0 aliphatic rings. The Morgan fingerprint density at radius 1 is 1.23 bits per heavy atom. The molecule has 3 rings (SSSR count). The molecule has 0 amide bonds. The first-order valence-electron chi connectivity index (χ1n) is 8.63. The second-order valence-electron chi connectivity index (χ2n) is 6.25. The van der Waals surface area contributed by atoms with Crippen LogP contribution in [0.25, 0.3) is 5.69 Å². The molecule has 3 aromatic rings. The standard InChI is InChI=1S/C19H24N6O/c1-14(2)17-10-16(26-24-17)12-23-19(20-3)22-11-15-6-4-5-7-18(15)25-9-8-21-13-25/h4-10,13-14H,11-12H2,1-3H3,(H2,20,22,23). The lowest BCUT2D eigenvalue weighted by Gasteiger charge is -2.14. The Hall–Kier alpha value is -3.09. The molecule has 7 heteroatoms. The first-order valence-corrected chi connectivity index (χ1v) is 8.63. The fourth-order valence-electron chi connectivity index (χ4n) is 2.57. The van der Waals surface area contributed by atoms with Crippen molar-refractivity contribution in [2.24, 2.45) is 4.99 Å². The quantitative estimate of drug-likeness (QED) is 0.527. The molecule has 2 N–H and O–H groups in total. The lowest BCUT2D eigenvalue weighted by Crippen LogP contribution is -2.36. The van der Waals surface area contributed by atoms with E-state index in [1.807, 2.05) is 29.0 Å². The molecule has 0 bridgehead atoms. The van der Waals surface area contributed by atoms with Gasteiger partial charge in [0.1, 0.15) is 0 Å². The van der Waals surface area contributed by atoms with Crippen molar-refractivity contribution in [1.29, 1.82) is 0 Å². The molecular formula is C19H24N6O. The first kappa shape index (κ1) is 17.7. The molecular weight excluding hydrogens is 328 g/mol. The van der Waals surface area contributed by atoms with Gasteiger partial charge in [0.2, 0.25) is 0 Å². The van der Waals surface area contributed by atoms with Gasteiger partial charge in [0.05, 0.1) is 24.3 Å². The van der Waals surface area contributed by atoms with Gasteiger partial charge in [-0.2, -0.15) is 0 Å². The van der Waals surface area contributed by atoms with Crippen molar-refractivity contribution < 1.29 is 4.52 Å². The topological polar surface area (TPSA) is 80.3 Å². The molecule has 0 saturated carbocycles. The van der Waals surface area contributed by atoms with Gasteiger partial charge in [0.25, 0.3) is 0 Å². The smallest absolute Gasteiger partial charge is 0.191 e. The number of para-hydroxylation sites is 1. The highest BCUT2D eigenvalue weighted by Gasteiger charge is 2.09. The average Bonchev–Trinajstić information content (AvgIpc) is 3.34. The van der Waals surface area contributed by atoms with Gasteiger partial charge in [0, 0.05) is 32.1 Å². The molecule has 2 heterocycles. The van der Waals surface area contributed by atoms with Gasteiger partial charge in [-0.1, -0.05) is 37.2 Å². The van der Waals surface area contributed by atoms with Crippen molar-refractivity contribution in [1.82, 2.24) is 25.3 Å². The van der Waals surface area contributed by atoms with Crippen LogP contribution >= 0.6 is 0 Å². The van der Waals surface area contributed by atoms with Gasteiger partial charge >= 0.3 is 0 Å². The predicted octanol–water partition coefficient (Wildman–Crippen LogP) is 2.85. The molecule has 0 unspecified atom stereocenters. The Bertz CT molecular complexity index is 851. The van der Waals surface area contributed by atoms with Gasteiger partial charge in [-0.3, -0.25) is 4.99 Å². The molecule has 26 heavy (non-hydrogen) atoms. The fourth-order valence-corrected chi connectivity index (χ4v) is 2.57. The Labute approximate surface area is 153 Å². The summed E-state index contributed by atoms with van der Waals surface area (Å²) >= 11 is 0. The maximum Gasteiger partial charge on any atom is 0.191 e. The van der Waals surface area contributed by atoms with E-state index >= 15 is 0 Å². The van der Waals surface area contributed by atoms with Gasteiger partial charge in [-0.25, -0.2) is 4.98 Å². The average molecular weight is 352 g/mol. The largest absolute Gasteiger partial charge is 0.359 e. The Morgan fingerprint density at radius 2 is 2.04 bits per heavy atom. The number of nitrogens with one attached hydrogen (secondary N) is 2. The van der Waals surface area contributed by atoms with Gasteiger partial charge in [-0.05, 0) is 17.5 Å². The van der Waals surface area contributed by atoms with Crippen molar-refractivity contribution in [3.8, 4) is 5.69 Å². The summed E-state index contributed by atoms with van der Waals surface area (Å²) in [6, 6.07) is 10.2.